The molecule has 1 heterocycles. The van der Waals surface area contributed by atoms with Crippen molar-refractivity contribution >= 4 is 11.9 Å². The van der Waals surface area contributed by atoms with Gasteiger partial charge in [0.25, 0.3) is 0 Å². The minimum Gasteiger partial charge on any atom is -0.465 e. The number of esters is 1. The zero-order chi connectivity index (χ0) is 13.5. The number of amides is 1. The number of morpholine rings is 1. The summed E-state index contributed by atoms with van der Waals surface area (Å²) in [4.78, 5) is 25.2. The molecule has 2 N–H and O–H groups in total. The van der Waals surface area contributed by atoms with Crippen molar-refractivity contribution in [1.29, 1.82) is 0 Å². The Bertz CT molecular complexity index is 296. The van der Waals surface area contributed by atoms with Crippen molar-refractivity contribution in [2.75, 3.05) is 26.4 Å². The molecule has 18 heavy (non-hydrogen) atoms. The Morgan fingerprint density at radius 1 is 1.50 bits per heavy atom. The van der Waals surface area contributed by atoms with Gasteiger partial charge in [0.05, 0.1) is 19.8 Å². The maximum absolute atomic E-state index is 11.9. The molecule has 2 atom stereocenters. The predicted octanol–water partition coefficient (Wildman–Crippen LogP) is -0.0957. The molecule has 0 aromatic carbocycles. The monoisotopic (exact) mass is 258 g/mol. The summed E-state index contributed by atoms with van der Waals surface area (Å²) in [6.07, 6.45) is 1.49. The number of carbonyl (C=O) groups is 2. The van der Waals surface area contributed by atoms with E-state index < -0.39 is 18.0 Å². The number of hydrogen-bond acceptors (Lipinski definition) is 5. The van der Waals surface area contributed by atoms with Crippen molar-refractivity contribution in [3.63, 3.8) is 0 Å². The van der Waals surface area contributed by atoms with Crippen LogP contribution in [0.2, 0.25) is 0 Å². The molecule has 1 saturated heterocycles. The Kier molecular flexibility index (Phi) is 6.07. The van der Waals surface area contributed by atoms with Crippen LogP contribution in [-0.2, 0) is 19.1 Å². The maximum Gasteiger partial charge on any atom is 0.323 e. The van der Waals surface area contributed by atoms with Crippen LogP contribution >= 0.6 is 0 Å². The minimum absolute atomic E-state index is 0.245. The number of rotatable bonds is 6. The van der Waals surface area contributed by atoms with Crippen LogP contribution < -0.4 is 5.73 Å². The third kappa shape index (κ3) is 3.68. The molecule has 0 saturated carbocycles. The smallest absolute Gasteiger partial charge is 0.323 e. The number of primary amides is 1. The standard InChI is InChI=1S/C12H22N2O4/c1-3-5-9(12(16)18-4-2)14-6-7-17-8-10(14)11(13)15/h9-10H,3-8H2,1-2H3,(H2,13,15). The van der Waals surface area contributed by atoms with Crippen LogP contribution in [0.5, 0.6) is 0 Å². The number of nitrogens with two attached hydrogens (primary N) is 1. The average molecular weight is 258 g/mol. The summed E-state index contributed by atoms with van der Waals surface area (Å²) in [6, 6.07) is -0.948. The fourth-order valence-electron chi connectivity index (χ4n) is 2.17. The molecule has 1 amide bonds. The van der Waals surface area contributed by atoms with Gasteiger partial charge in [-0.05, 0) is 13.3 Å². The van der Waals surface area contributed by atoms with Gasteiger partial charge in [0.1, 0.15) is 12.1 Å². The van der Waals surface area contributed by atoms with E-state index in [1.165, 1.54) is 0 Å². The van der Waals surface area contributed by atoms with E-state index in [1.54, 1.807) is 6.92 Å². The summed E-state index contributed by atoms with van der Waals surface area (Å²) in [6.45, 7) is 5.37. The molecular formula is C12H22N2O4. The Morgan fingerprint density at radius 3 is 2.78 bits per heavy atom. The number of carbonyl (C=O) groups excluding carboxylic acids is 2. The largest absolute Gasteiger partial charge is 0.465 e. The second kappa shape index (κ2) is 7.33. The van der Waals surface area contributed by atoms with Crippen LogP contribution in [0.15, 0.2) is 0 Å². The minimum atomic E-state index is -0.542. The average Bonchev–Trinajstić information content (AvgIpc) is 2.36. The van der Waals surface area contributed by atoms with E-state index in [-0.39, 0.29) is 12.6 Å². The first-order valence-electron chi connectivity index (χ1n) is 6.41. The molecule has 1 aliphatic heterocycles. The van der Waals surface area contributed by atoms with E-state index in [4.69, 9.17) is 15.2 Å². The van der Waals surface area contributed by atoms with E-state index in [2.05, 4.69) is 0 Å². The Balaban J connectivity index is 2.80. The molecule has 6 nitrogen and oxygen atoms in total. The summed E-state index contributed by atoms with van der Waals surface area (Å²) >= 11 is 0. The molecule has 6 heteroatoms. The van der Waals surface area contributed by atoms with Gasteiger partial charge in [0, 0.05) is 6.54 Å². The van der Waals surface area contributed by atoms with Gasteiger partial charge >= 0.3 is 5.97 Å². The van der Waals surface area contributed by atoms with Crippen LogP contribution in [0.3, 0.4) is 0 Å². The van der Waals surface area contributed by atoms with Crippen LogP contribution in [0.25, 0.3) is 0 Å². The van der Waals surface area contributed by atoms with Crippen molar-refractivity contribution < 1.29 is 19.1 Å². The summed E-state index contributed by atoms with van der Waals surface area (Å²) in [7, 11) is 0. The SMILES string of the molecule is CCCC(C(=O)OCC)N1CCOCC1C(N)=O. The molecular weight excluding hydrogens is 236 g/mol. The second-order valence-corrected chi connectivity index (χ2v) is 4.29. The topological polar surface area (TPSA) is 81.9 Å². The lowest BCUT2D eigenvalue weighted by atomic mass is 10.1. The van der Waals surface area contributed by atoms with Gasteiger partial charge in [-0.1, -0.05) is 13.3 Å². The summed E-state index contributed by atoms with van der Waals surface area (Å²) in [5.41, 5.74) is 5.35. The third-order valence-electron chi connectivity index (χ3n) is 3.02. The molecule has 0 aliphatic carbocycles. The fraction of sp³-hybridized carbons (Fsp3) is 0.833. The van der Waals surface area contributed by atoms with E-state index in [0.29, 0.717) is 26.2 Å². The highest BCUT2D eigenvalue weighted by Gasteiger charge is 2.36. The van der Waals surface area contributed by atoms with Crippen LogP contribution in [-0.4, -0.2) is 55.2 Å². The molecule has 0 aromatic rings. The molecule has 1 rings (SSSR count). The Labute approximate surface area is 107 Å². The molecule has 1 fully saturated rings. The van der Waals surface area contributed by atoms with Gasteiger partial charge < -0.3 is 15.2 Å². The lowest BCUT2D eigenvalue weighted by Crippen LogP contribution is -2.58. The van der Waals surface area contributed by atoms with Crippen LogP contribution in [0.1, 0.15) is 26.7 Å². The van der Waals surface area contributed by atoms with Crippen LogP contribution in [0, 0.1) is 0 Å². The molecule has 2 unspecified atom stereocenters. The van der Waals surface area contributed by atoms with Gasteiger partial charge in [-0.15, -0.1) is 0 Å². The first-order valence-corrected chi connectivity index (χ1v) is 6.41. The van der Waals surface area contributed by atoms with Crippen molar-refractivity contribution in [3.05, 3.63) is 0 Å². The summed E-state index contributed by atoms with van der Waals surface area (Å²) in [5, 5.41) is 0. The highest BCUT2D eigenvalue weighted by molar-refractivity contribution is 5.82. The molecule has 104 valence electrons. The molecule has 1 aliphatic rings. The van der Waals surface area contributed by atoms with Gasteiger partial charge in [-0.3, -0.25) is 14.5 Å². The first-order chi connectivity index (χ1) is 8.61. The third-order valence-corrected chi connectivity index (χ3v) is 3.02. The van der Waals surface area contributed by atoms with Gasteiger partial charge in [-0.25, -0.2) is 0 Å². The highest BCUT2D eigenvalue weighted by atomic mass is 16.5. The summed E-state index contributed by atoms with van der Waals surface area (Å²) in [5.74, 6) is -0.743. The number of hydrogen-bond donors (Lipinski definition) is 1. The second-order valence-electron chi connectivity index (χ2n) is 4.29. The predicted molar refractivity (Wildman–Crippen MR) is 65.8 cm³/mol. The van der Waals surface area contributed by atoms with E-state index in [0.717, 1.165) is 6.42 Å². The summed E-state index contributed by atoms with van der Waals surface area (Å²) < 4.78 is 10.3. The molecule has 0 spiro atoms. The van der Waals surface area contributed by atoms with E-state index >= 15 is 0 Å². The normalized spacial score (nSPS) is 22.4. The van der Waals surface area contributed by atoms with Crippen LogP contribution in [0.4, 0.5) is 0 Å². The van der Waals surface area contributed by atoms with Crippen molar-refractivity contribution in [1.82, 2.24) is 4.90 Å². The number of ether oxygens (including phenoxy) is 2. The molecule has 0 aromatic heterocycles. The van der Waals surface area contributed by atoms with Crippen molar-refractivity contribution in [2.24, 2.45) is 5.73 Å². The van der Waals surface area contributed by atoms with Gasteiger partial charge in [-0.2, -0.15) is 0 Å². The Hall–Kier alpha value is -1.14. The molecule has 0 radical (unpaired) electrons. The first kappa shape index (κ1) is 14.9. The van der Waals surface area contributed by atoms with Gasteiger partial charge in [0.15, 0.2) is 0 Å². The quantitative estimate of drug-likeness (QED) is 0.673. The molecule has 0 bridgehead atoms. The van der Waals surface area contributed by atoms with E-state index in [1.807, 2.05) is 11.8 Å². The Morgan fingerprint density at radius 2 is 2.22 bits per heavy atom. The van der Waals surface area contributed by atoms with Gasteiger partial charge in [0.2, 0.25) is 5.91 Å². The highest BCUT2D eigenvalue weighted by Crippen LogP contribution is 2.16. The lowest BCUT2D eigenvalue weighted by molar-refractivity contribution is -0.155. The zero-order valence-corrected chi connectivity index (χ0v) is 11.1. The van der Waals surface area contributed by atoms with E-state index in [9.17, 15) is 9.59 Å². The fourth-order valence-corrected chi connectivity index (χ4v) is 2.17. The lowest BCUT2D eigenvalue weighted by Gasteiger charge is -2.38. The van der Waals surface area contributed by atoms with Crippen molar-refractivity contribution in [3.8, 4) is 0 Å². The zero-order valence-electron chi connectivity index (χ0n) is 11.1. The van der Waals surface area contributed by atoms with Crippen molar-refractivity contribution in [2.45, 2.75) is 38.8 Å². The maximum atomic E-state index is 11.9. The number of nitrogens with zero attached hydrogens (tertiary/aromatic N) is 1.